The number of aromatic nitrogens is 3. The van der Waals surface area contributed by atoms with Crippen LogP contribution >= 0.6 is 11.8 Å². The van der Waals surface area contributed by atoms with Crippen LogP contribution in [0, 0.1) is 13.8 Å². The van der Waals surface area contributed by atoms with Gasteiger partial charge in [0, 0.05) is 17.6 Å². The van der Waals surface area contributed by atoms with E-state index in [4.69, 9.17) is 4.74 Å². The Labute approximate surface area is 197 Å². The van der Waals surface area contributed by atoms with E-state index in [0.717, 1.165) is 27.8 Å². The molecule has 3 aromatic carbocycles. The van der Waals surface area contributed by atoms with Gasteiger partial charge in [0.05, 0.1) is 5.75 Å². The van der Waals surface area contributed by atoms with Gasteiger partial charge in [0.15, 0.2) is 11.0 Å². The fraction of sp³-hybridized carbons (Fsp3) is 0.192. The molecule has 4 rings (SSSR count). The molecule has 0 aliphatic rings. The van der Waals surface area contributed by atoms with E-state index in [-0.39, 0.29) is 18.3 Å². The van der Waals surface area contributed by atoms with Gasteiger partial charge in [-0.2, -0.15) is 0 Å². The lowest BCUT2D eigenvalue weighted by Gasteiger charge is -2.12. The van der Waals surface area contributed by atoms with Crippen LogP contribution in [0.4, 0.5) is 5.69 Å². The van der Waals surface area contributed by atoms with Crippen LogP contribution in [0.1, 0.15) is 17.0 Å². The fourth-order valence-electron chi connectivity index (χ4n) is 3.52. The highest BCUT2D eigenvalue weighted by Gasteiger charge is 2.15. The highest BCUT2D eigenvalue weighted by molar-refractivity contribution is 7.99. The zero-order valence-electron chi connectivity index (χ0n) is 18.7. The maximum atomic E-state index is 12.7. The van der Waals surface area contributed by atoms with Crippen LogP contribution in [0.2, 0.25) is 0 Å². The van der Waals surface area contributed by atoms with E-state index in [9.17, 15) is 4.79 Å². The minimum absolute atomic E-state index is 0.0994. The molecule has 4 aromatic rings. The number of nitrogens with one attached hydrogen (secondary N) is 1. The van der Waals surface area contributed by atoms with Crippen molar-refractivity contribution >= 4 is 34.1 Å². The number of amides is 1. The summed E-state index contributed by atoms with van der Waals surface area (Å²) < 4.78 is 7.93. The molecule has 0 unspecified atom stereocenters. The summed E-state index contributed by atoms with van der Waals surface area (Å²) in [7, 11) is 0. The summed E-state index contributed by atoms with van der Waals surface area (Å²) in [5.41, 5.74) is 3.08. The molecule has 1 N–H and O–H groups in total. The third-order valence-corrected chi connectivity index (χ3v) is 6.38. The van der Waals surface area contributed by atoms with E-state index < -0.39 is 0 Å². The summed E-state index contributed by atoms with van der Waals surface area (Å²) >= 11 is 1.34. The number of hydrogen-bond donors (Lipinski definition) is 1. The number of allylic oxidation sites excluding steroid dienone is 1. The van der Waals surface area contributed by atoms with E-state index in [1.54, 1.807) is 6.08 Å². The molecule has 168 valence electrons. The summed E-state index contributed by atoms with van der Waals surface area (Å²) in [4.78, 5) is 12.7. The highest BCUT2D eigenvalue weighted by Crippen LogP contribution is 2.25. The Kier molecular flexibility index (Phi) is 7.10. The van der Waals surface area contributed by atoms with Crippen LogP contribution in [0.3, 0.4) is 0 Å². The predicted molar refractivity (Wildman–Crippen MR) is 134 cm³/mol. The molecule has 0 bridgehead atoms. The van der Waals surface area contributed by atoms with E-state index >= 15 is 0 Å². The largest absolute Gasteiger partial charge is 0.485 e. The molecule has 0 fully saturated rings. The van der Waals surface area contributed by atoms with Gasteiger partial charge in [-0.3, -0.25) is 9.36 Å². The molecular weight excluding hydrogens is 432 g/mol. The molecule has 0 saturated carbocycles. The lowest BCUT2D eigenvalue weighted by Crippen LogP contribution is -2.15. The second kappa shape index (κ2) is 10.4. The zero-order chi connectivity index (χ0) is 23.2. The van der Waals surface area contributed by atoms with Crippen molar-refractivity contribution in [3.8, 4) is 5.75 Å². The summed E-state index contributed by atoms with van der Waals surface area (Å²) in [5, 5.41) is 14.3. The van der Waals surface area contributed by atoms with Crippen molar-refractivity contribution in [2.75, 3.05) is 11.1 Å². The molecule has 0 atom stereocenters. The Balaban J connectivity index is 1.42. The van der Waals surface area contributed by atoms with E-state index in [1.807, 2.05) is 66.1 Å². The maximum absolute atomic E-state index is 12.7. The van der Waals surface area contributed by atoms with Crippen molar-refractivity contribution in [1.82, 2.24) is 14.8 Å². The molecule has 0 aliphatic carbocycles. The van der Waals surface area contributed by atoms with Crippen LogP contribution in [-0.4, -0.2) is 26.4 Å². The second-order valence-corrected chi connectivity index (χ2v) is 8.59. The van der Waals surface area contributed by atoms with Gasteiger partial charge in [-0.1, -0.05) is 66.4 Å². The average molecular weight is 459 g/mol. The molecular formula is C26H26N4O2S. The second-order valence-electron chi connectivity index (χ2n) is 7.65. The Morgan fingerprint density at radius 2 is 1.88 bits per heavy atom. The first kappa shape index (κ1) is 22.6. The maximum Gasteiger partial charge on any atom is 0.234 e. The van der Waals surface area contributed by atoms with E-state index in [2.05, 4.69) is 35.1 Å². The van der Waals surface area contributed by atoms with Crippen molar-refractivity contribution < 1.29 is 9.53 Å². The minimum atomic E-state index is -0.0994. The van der Waals surface area contributed by atoms with Gasteiger partial charge < -0.3 is 10.1 Å². The fourth-order valence-corrected chi connectivity index (χ4v) is 4.29. The van der Waals surface area contributed by atoms with E-state index in [0.29, 0.717) is 17.5 Å². The molecule has 33 heavy (non-hydrogen) atoms. The first-order chi connectivity index (χ1) is 16.1. The van der Waals surface area contributed by atoms with Crippen LogP contribution in [-0.2, 0) is 17.9 Å². The van der Waals surface area contributed by atoms with Crippen molar-refractivity contribution in [3.63, 3.8) is 0 Å². The number of ether oxygens (including phenoxy) is 1. The van der Waals surface area contributed by atoms with Gasteiger partial charge in [-0.15, -0.1) is 16.8 Å². The number of hydrogen-bond acceptors (Lipinski definition) is 5. The predicted octanol–water partition coefficient (Wildman–Crippen LogP) is 5.54. The lowest BCUT2D eigenvalue weighted by molar-refractivity contribution is -0.113. The number of benzene rings is 3. The summed E-state index contributed by atoms with van der Waals surface area (Å²) in [6.45, 7) is 8.75. The number of rotatable bonds is 9. The number of thioether (sulfide) groups is 1. The average Bonchev–Trinajstić information content (AvgIpc) is 3.20. The number of carbonyl (C=O) groups excluding carboxylic acids is 1. The molecule has 1 heterocycles. The van der Waals surface area contributed by atoms with Crippen LogP contribution < -0.4 is 10.1 Å². The number of anilines is 1. The minimum Gasteiger partial charge on any atom is -0.485 e. The van der Waals surface area contributed by atoms with Gasteiger partial charge in [0.1, 0.15) is 12.4 Å². The van der Waals surface area contributed by atoms with Crippen LogP contribution in [0.15, 0.2) is 78.5 Å². The number of fused-ring (bicyclic) bond motifs is 1. The topological polar surface area (TPSA) is 69.0 Å². The van der Waals surface area contributed by atoms with Crippen molar-refractivity contribution in [2.45, 2.75) is 32.2 Å². The summed E-state index contributed by atoms with van der Waals surface area (Å²) in [5.74, 6) is 1.63. The van der Waals surface area contributed by atoms with Gasteiger partial charge in [0.2, 0.25) is 5.91 Å². The molecule has 1 amide bonds. The van der Waals surface area contributed by atoms with Crippen molar-refractivity contribution in [1.29, 1.82) is 0 Å². The summed E-state index contributed by atoms with van der Waals surface area (Å²) in [6.07, 6.45) is 1.78. The number of carbonyl (C=O) groups is 1. The zero-order valence-corrected chi connectivity index (χ0v) is 19.6. The molecule has 0 saturated heterocycles. The Morgan fingerprint density at radius 3 is 2.73 bits per heavy atom. The molecule has 7 heteroatoms. The molecule has 0 aliphatic heterocycles. The number of nitrogens with zero attached hydrogens (tertiary/aromatic N) is 3. The molecule has 6 nitrogen and oxygen atoms in total. The lowest BCUT2D eigenvalue weighted by atomic mass is 10.1. The quantitative estimate of drug-likeness (QED) is 0.263. The molecule has 0 radical (unpaired) electrons. The van der Waals surface area contributed by atoms with Gasteiger partial charge >= 0.3 is 0 Å². The van der Waals surface area contributed by atoms with Gasteiger partial charge in [-0.05, 0) is 42.5 Å². The standard InChI is InChI=1S/C26H26N4O2S/c1-4-15-30-24(16-32-23-14-7-9-18(2)19(23)3)28-29-26(30)33-17-25(31)27-22-13-8-11-20-10-5-6-12-21(20)22/h4-14H,1,15-17H2,2-3H3,(H,27,31). The normalized spacial score (nSPS) is 10.8. The van der Waals surface area contributed by atoms with Crippen molar-refractivity contribution in [2.24, 2.45) is 0 Å². The van der Waals surface area contributed by atoms with Gasteiger partial charge in [-0.25, -0.2) is 0 Å². The van der Waals surface area contributed by atoms with Crippen LogP contribution in [0.5, 0.6) is 5.75 Å². The number of aryl methyl sites for hydroxylation is 1. The van der Waals surface area contributed by atoms with Crippen molar-refractivity contribution in [3.05, 3.63) is 90.3 Å². The smallest absolute Gasteiger partial charge is 0.234 e. The summed E-state index contributed by atoms with van der Waals surface area (Å²) in [6, 6.07) is 19.8. The van der Waals surface area contributed by atoms with E-state index in [1.165, 1.54) is 17.3 Å². The Hall–Kier alpha value is -3.58. The highest BCUT2D eigenvalue weighted by atomic mass is 32.2. The monoisotopic (exact) mass is 458 g/mol. The SMILES string of the molecule is C=CCn1c(COc2cccc(C)c2C)nnc1SCC(=O)Nc1cccc2ccccc12. The Morgan fingerprint density at radius 1 is 1.09 bits per heavy atom. The van der Waals surface area contributed by atoms with Crippen LogP contribution in [0.25, 0.3) is 10.8 Å². The molecule has 0 spiro atoms. The molecule has 1 aromatic heterocycles. The third kappa shape index (κ3) is 5.26. The van der Waals surface area contributed by atoms with Gasteiger partial charge in [0.25, 0.3) is 0 Å². The first-order valence-corrected chi connectivity index (χ1v) is 11.7. The Bertz CT molecular complexity index is 1290. The first-order valence-electron chi connectivity index (χ1n) is 10.7. The third-order valence-electron chi connectivity index (χ3n) is 5.41.